The van der Waals surface area contributed by atoms with Gasteiger partial charge in [0.2, 0.25) is 0 Å². The highest BCUT2D eigenvalue weighted by atomic mass is 16.3. The first-order chi connectivity index (χ1) is 10.7. The molecule has 5 rings (SSSR count). The van der Waals surface area contributed by atoms with Crippen molar-refractivity contribution in [3.63, 3.8) is 0 Å². The quantitative estimate of drug-likeness (QED) is 0.315. The van der Waals surface area contributed by atoms with Gasteiger partial charge in [-0.1, -0.05) is 42.5 Å². The van der Waals surface area contributed by atoms with Crippen molar-refractivity contribution in [1.82, 2.24) is 4.98 Å². The molecule has 0 amide bonds. The van der Waals surface area contributed by atoms with Gasteiger partial charge in [-0.05, 0) is 39.9 Å². The molecule has 2 heteroatoms. The van der Waals surface area contributed by atoms with Gasteiger partial charge in [0.15, 0.2) is 0 Å². The Hall–Kier alpha value is -2.87. The predicted octanol–water partition coefficient (Wildman–Crippen LogP) is 5.15. The van der Waals surface area contributed by atoms with Gasteiger partial charge >= 0.3 is 0 Å². The van der Waals surface area contributed by atoms with Crippen LogP contribution in [0, 0.1) is 6.92 Å². The van der Waals surface area contributed by atoms with Crippen molar-refractivity contribution in [3.8, 4) is 5.75 Å². The van der Waals surface area contributed by atoms with Crippen LogP contribution < -0.4 is 0 Å². The Balaban J connectivity index is 2.19. The normalized spacial score (nSPS) is 12.0. The van der Waals surface area contributed by atoms with E-state index in [1.165, 1.54) is 21.5 Å². The van der Waals surface area contributed by atoms with E-state index in [0.717, 1.165) is 27.4 Å². The summed E-state index contributed by atoms with van der Waals surface area (Å²) in [7, 11) is 0. The van der Waals surface area contributed by atoms with E-state index in [0.29, 0.717) is 5.75 Å². The maximum atomic E-state index is 10.3. The van der Waals surface area contributed by atoms with Gasteiger partial charge in [-0.3, -0.25) is 4.98 Å². The van der Waals surface area contributed by atoms with Gasteiger partial charge in [-0.25, -0.2) is 0 Å². The molecule has 0 radical (unpaired) electrons. The van der Waals surface area contributed by atoms with E-state index in [9.17, 15) is 5.11 Å². The minimum atomic E-state index is 0.299. The number of aryl methyl sites for hydroxylation is 1. The fourth-order valence-corrected chi connectivity index (χ4v) is 3.60. The Morgan fingerprint density at radius 3 is 2.32 bits per heavy atom. The maximum absolute atomic E-state index is 10.3. The van der Waals surface area contributed by atoms with Crippen LogP contribution in [0.4, 0.5) is 0 Å². The lowest BCUT2D eigenvalue weighted by Gasteiger charge is -2.13. The van der Waals surface area contributed by atoms with Gasteiger partial charge in [0.1, 0.15) is 5.75 Å². The lowest BCUT2D eigenvalue weighted by molar-refractivity contribution is 0.480. The van der Waals surface area contributed by atoms with Gasteiger partial charge in [0, 0.05) is 22.5 Å². The zero-order valence-corrected chi connectivity index (χ0v) is 12.1. The summed E-state index contributed by atoms with van der Waals surface area (Å²) in [4.78, 5) is 4.68. The number of hydrogen-bond acceptors (Lipinski definition) is 2. The molecule has 0 atom stereocenters. The van der Waals surface area contributed by atoms with Crippen molar-refractivity contribution in [3.05, 3.63) is 60.3 Å². The Morgan fingerprint density at radius 1 is 0.773 bits per heavy atom. The van der Waals surface area contributed by atoms with Crippen molar-refractivity contribution in [2.75, 3.05) is 0 Å². The zero-order chi connectivity index (χ0) is 14.8. The number of aromatic hydroxyl groups is 1. The number of rotatable bonds is 0. The fraction of sp³-hybridized carbons (Fsp3) is 0.0500. The number of nitrogens with zero attached hydrogens (tertiary/aromatic N) is 1. The molecule has 1 aromatic heterocycles. The van der Waals surface area contributed by atoms with Gasteiger partial charge < -0.3 is 5.11 Å². The van der Waals surface area contributed by atoms with Gasteiger partial charge in [-0.2, -0.15) is 0 Å². The lowest BCUT2D eigenvalue weighted by Crippen LogP contribution is -1.89. The van der Waals surface area contributed by atoms with E-state index in [4.69, 9.17) is 0 Å². The number of aromatic nitrogens is 1. The third kappa shape index (κ3) is 1.37. The van der Waals surface area contributed by atoms with Crippen LogP contribution in [-0.2, 0) is 0 Å². The first-order valence-corrected chi connectivity index (χ1v) is 7.39. The highest BCUT2D eigenvalue weighted by Crippen LogP contribution is 2.39. The Kier molecular flexibility index (Phi) is 2.06. The standard InChI is InChI=1S/C20H13NO/c1-11-9-17(22)16-10-14-6-5-12-3-2-4-13-7-8-15(20(16)21-11)19(14)18(12)13/h2-10H,1H3,(H,21,22). The van der Waals surface area contributed by atoms with E-state index in [2.05, 4.69) is 47.4 Å². The van der Waals surface area contributed by atoms with Gasteiger partial charge in [0.25, 0.3) is 0 Å². The molecule has 1 N–H and O–H groups in total. The van der Waals surface area contributed by atoms with Gasteiger partial charge in [-0.15, -0.1) is 0 Å². The number of fused-ring (bicyclic) bond motifs is 2. The van der Waals surface area contributed by atoms with Crippen molar-refractivity contribution in [2.45, 2.75) is 6.92 Å². The Labute approximate surface area is 127 Å². The van der Waals surface area contributed by atoms with Crippen LogP contribution in [0.25, 0.3) is 43.2 Å². The molecule has 5 aromatic rings. The molecule has 0 fully saturated rings. The second-order valence-electron chi connectivity index (χ2n) is 5.91. The largest absolute Gasteiger partial charge is 0.507 e. The number of benzene rings is 4. The highest BCUT2D eigenvalue weighted by Gasteiger charge is 2.13. The first-order valence-electron chi connectivity index (χ1n) is 7.39. The summed E-state index contributed by atoms with van der Waals surface area (Å²) in [6, 6.07) is 18.7. The Morgan fingerprint density at radius 2 is 1.50 bits per heavy atom. The van der Waals surface area contributed by atoms with Crippen molar-refractivity contribution < 1.29 is 5.11 Å². The van der Waals surface area contributed by atoms with Crippen LogP contribution in [0.5, 0.6) is 5.75 Å². The zero-order valence-electron chi connectivity index (χ0n) is 12.1. The molecule has 0 aliphatic heterocycles. The summed E-state index contributed by atoms with van der Waals surface area (Å²) >= 11 is 0. The summed E-state index contributed by atoms with van der Waals surface area (Å²) in [5, 5.41) is 18.4. The topological polar surface area (TPSA) is 33.1 Å². The average molecular weight is 283 g/mol. The number of pyridine rings is 1. The summed E-state index contributed by atoms with van der Waals surface area (Å²) in [6.45, 7) is 1.91. The maximum Gasteiger partial charge on any atom is 0.126 e. The molecular formula is C20H13NO. The second-order valence-corrected chi connectivity index (χ2v) is 5.91. The van der Waals surface area contributed by atoms with E-state index in [1.54, 1.807) is 6.07 Å². The van der Waals surface area contributed by atoms with E-state index >= 15 is 0 Å². The molecule has 0 aliphatic rings. The van der Waals surface area contributed by atoms with E-state index in [1.807, 2.05) is 13.0 Å². The molecule has 0 saturated heterocycles. The van der Waals surface area contributed by atoms with Crippen LogP contribution in [-0.4, -0.2) is 10.1 Å². The van der Waals surface area contributed by atoms with Crippen molar-refractivity contribution in [1.29, 1.82) is 0 Å². The molecule has 4 aromatic carbocycles. The van der Waals surface area contributed by atoms with E-state index in [-0.39, 0.29) is 0 Å². The molecule has 0 aliphatic carbocycles. The smallest absolute Gasteiger partial charge is 0.126 e. The minimum Gasteiger partial charge on any atom is -0.507 e. The molecule has 22 heavy (non-hydrogen) atoms. The predicted molar refractivity (Wildman–Crippen MR) is 91.8 cm³/mol. The van der Waals surface area contributed by atoms with Crippen LogP contribution in [0.15, 0.2) is 54.6 Å². The summed E-state index contributed by atoms with van der Waals surface area (Å²) in [6.07, 6.45) is 0. The molecule has 1 heterocycles. The first kappa shape index (κ1) is 11.8. The molecule has 0 unspecified atom stereocenters. The lowest BCUT2D eigenvalue weighted by atomic mass is 9.92. The molecule has 0 bridgehead atoms. The Bertz CT molecular complexity index is 1170. The van der Waals surface area contributed by atoms with Crippen molar-refractivity contribution >= 4 is 43.2 Å². The van der Waals surface area contributed by atoms with Gasteiger partial charge in [0.05, 0.1) is 5.52 Å². The molecule has 2 nitrogen and oxygen atoms in total. The summed E-state index contributed by atoms with van der Waals surface area (Å²) in [5.74, 6) is 0.299. The van der Waals surface area contributed by atoms with Crippen LogP contribution >= 0.6 is 0 Å². The van der Waals surface area contributed by atoms with Crippen LogP contribution in [0.2, 0.25) is 0 Å². The summed E-state index contributed by atoms with van der Waals surface area (Å²) < 4.78 is 0. The fourth-order valence-electron chi connectivity index (χ4n) is 3.60. The molecular weight excluding hydrogens is 270 g/mol. The minimum absolute atomic E-state index is 0.299. The molecule has 0 spiro atoms. The average Bonchev–Trinajstić information content (AvgIpc) is 2.52. The second kappa shape index (κ2) is 3.86. The molecule has 0 saturated carbocycles. The van der Waals surface area contributed by atoms with Crippen LogP contribution in [0.1, 0.15) is 5.69 Å². The van der Waals surface area contributed by atoms with Crippen molar-refractivity contribution in [2.24, 2.45) is 0 Å². The van der Waals surface area contributed by atoms with Crippen LogP contribution in [0.3, 0.4) is 0 Å². The summed E-state index contributed by atoms with van der Waals surface area (Å²) in [5.41, 5.74) is 1.71. The van der Waals surface area contributed by atoms with E-state index < -0.39 is 0 Å². The third-order valence-corrected chi connectivity index (χ3v) is 4.53. The highest BCUT2D eigenvalue weighted by molar-refractivity contribution is 6.28. The SMILES string of the molecule is Cc1cc(O)c2cc3ccc4cccc5ccc(c2n1)c3c45. The third-order valence-electron chi connectivity index (χ3n) is 4.53. The number of hydrogen-bond donors (Lipinski definition) is 1. The monoisotopic (exact) mass is 283 g/mol. The molecule has 104 valence electrons.